The number of sulfonamides is 1. The van der Waals surface area contributed by atoms with Crippen LogP contribution in [0.1, 0.15) is 23.3 Å². The largest absolute Gasteiger partial charge is 0.416 e. The molecule has 0 saturated carbocycles. The minimum Gasteiger partial charge on any atom is -0.355 e. The van der Waals surface area contributed by atoms with Crippen LogP contribution in [-0.2, 0) is 26.7 Å². The van der Waals surface area contributed by atoms with E-state index in [-0.39, 0.29) is 29.8 Å². The van der Waals surface area contributed by atoms with Gasteiger partial charge < -0.3 is 5.32 Å². The summed E-state index contributed by atoms with van der Waals surface area (Å²) in [5, 5.41) is 4.92. The van der Waals surface area contributed by atoms with E-state index in [2.05, 4.69) is 11.4 Å². The molecular weight excluding hydrogens is 469 g/mol. The van der Waals surface area contributed by atoms with Crippen molar-refractivity contribution in [2.75, 3.05) is 25.4 Å². The van der Waals surface area contributed by atoms with Gasteiger partial charge in [0.25, 0.3) is 0 Å². The first-order valence-electron chi connectivity index (χ1n) is 9.73. The van der Waals surface area contributed by atoms with E-state index in [0.717, 1.165) is 34.0 Å². The van der Waals surface area contributed by atoms with E-state index in [4.69, 9.17) is 0 Å². The standard InChI is InChI=1S/C20H23F3N2O3S3/c21-20(22,23)16-3-1-5-18(13-16)31(27,28)25-9-6-15(7-10-25)19(26)24-8-12-29-14-17-4-2-11-30-17/h1-5,11,13,15H,6-10,12,14H2,(H,24,26). The summed E-state index contributed by atoms with van der Waals surface area (Å²) in [7, 11) is -4.04. The molecule has 0 aliphatic carbocycles. The molecule has 1 N–H and O–H groups in total. The molecule has 1 aliphatic rings. The fraction of sp³-hybridized carbons (Fsp3) is 0.450. The van der Waals surface area contributed by atoms with Crippen LogP contribution < -0.4 is 5.32 Å². The zero-order chi connectivity index (χ0) is 22.5. The monoisotopic (exact) mass is 492 g/mol. The molecule has 0 atom stereocenters. The molecule has 0 spiro atoms. The predicted octanol–water partition coefficient (Wildman–Crippen LogP) is 4.22. The summed E-state index contributed by atoms with van der Waals surface area (Å²) < 4.78 is 65.4. The SMILES string of the molecule is O=C(NCCSCc1cccs1)C1CCN(S(=O)(=O)c2cccc(C(F)(F)F)c2)CC1. The molecule has 1 amide bonds. The Morgan fingerprint density at radius 3 is 2.58 bits per heavy atom. The van der Waals surface area contributed by atoms with Crippen molar-refractivity contribution in [2.45, 2.75) is 29.7 Å². The van der Waals surface area contributed by atoms with E-state index in [1.54, 1.807) is 23.1 Å². The Balaban J connectivity index is 1.46. The van der Waals surface area contributed by atoms with Gasteiger partial charge in [0.1, 0.15) is 0 Å². The van der Waals surface area contributed by atoms with E-state index in [1.165, 1.54) is 4.88 Å². The number of rotatable bonds is 8. The van der Waals surface area contributed by atoms with Crippen molar-refractivity contribution in [3.05, 3.63) is 52.2 Å². The molecule has 1 saturated heterocycles. The first kappa shape index (κ1) is 24.1. The molecule has 1 aromatic carbocycles. The van der Waals surface area contributed by atoms with E-state index >= 15 is 0 Å². The van der Waals surface area contributed by atoms with Crippen molar-refractivity contribution in [3.8, 4) is 0 Å². The second kappa shape index (κ2) is 10.4. The van der Waals surface area contributed by atoms with Crippen molar-refractivity contribution >= 4 is 39.0 Å². The summed E-state index contributed by atoms with van der Waals surface area (Å²) in [5.41, 5.74) is -1.00. The number of nitrogens with zero attached hydrogens (tertiary/aromatic N) is 1. The Morgan fingerprint density at radius 1 is 1.19 bits per heavy atom. The van der Waals surface area contributed by atoms with Crippen LogP contribution in [0.5, 0.6) is 0 Å². The van der Waals surface area contributed by atoms with Crippen molar-refractivity contribution in [2.24, 2.45) is 5.92 Å². The molecular formula is C20H23F3N2O3S3. The van der Waals surface area contributed by atoms with Gasteiger partial charge in [-0.25, -0.2) is 8.42 Å². The van der Waals surface area contributed by atoms with Crippen LogP contribution in [-0.4, -0.2) is 44.0 Å². The summed E-state index contributed by atoms with van der Waals surface area (Å²) >= 11 is 3.43. The molecule has 0 unspecified atom stereocenters. The number of benzene rings is 1. The maximum absolute atomic E-state index is 12.9. The highest BCUT2D eigenvalue weighted by molar-refractivity contribution is 7.98. The number of carbonyl (C=O) groups excluding carboxylic acids is 1. The van der Waals surface area contributed by atoms with Gasteiger partial charge in [0.05, 0.1) is 10.5 Å². The number of carbonyl (C=O) groups is 1. The van der Waals surface area contributed by atoms with Crippen LogP contribution in [0.25, 0.3) is 0 Å². The molecule has 1 aromatic heterocycles. The van der Waals surface area contributed by atoms with E-state index in [1.807, 2.05) is 11.4 Å². The summed E-state index contributed by atoms with van der Waals surface area (Å²) in [6.45, 7) is 0.741. The number of thioether (sulfide) groups is 1. The van der Waals surface area contributed by atoms with E-state index < -0.39 is 21.8 Å². The lowest BCUT2D eigenvalue weighted by atomic mass is 9.97. The number of hydrogen-bond acceptors (Lipinski definition) is 5. The van der Waals surface area contributed by atoms with Crippen LogP contribution in [0.4, 0.5) is 13.2 Å². The third-order valence-electron chi connectivity index (χ3n) is 4.99. The Hall–Kier alpha value is -1.56. The molecule has 2 aromatic rings. The minimum atomic E-state index is -4.61. The van der Waals surface area contributed by atoms with Crippen molar-refractivity contribution < 1.29 is 26.4 Å². The Labute approximate surface area is 188 Å². The van der Waals surface area contributed by atoms with Gasteiger partial charge in [0, 0.05) is 41.9 Å². The molecule has 170 valence electrons. The molecule has 31 heavy (non-hydrogen) atoms. The maximum atomic E-state index is 12.9. The van der Waals surface area contributed by atoms with Crippen molar-refractivity contribution in [1.29, 1.82) is 0 Å². The number of hydrogen-bond donors (Lipinski definition) is 1. The Morgan fingerprint density at radius 2 is 1.94 bits per heavy atom. The second-order valence-electron chi connectivity index (χ2n) is 7.13. The van der Waals surface area contributed by atoms with Crippen LogP contribution in [0.2, 0.25) is 0 Å². The number of halogens is 3. The smallest absolute Gasteiger partial charge is 0.355 e. The van der Waals surface area contributed by atoms with Gasteiger partial charge >= 0.3 is 6.18 Å². The van der Waals surface area contributed by atoms with Crippen molar-refractivity contribution in [3.63, 3.8) is 0 Å². The quantitative estimate of drug-likeness (QED) is 0.561. The summed E-state index contributed by atoms with van der Waals surface area (Å²) in [6.07, 6.45) is -3.93. The van der Waals surface area contributed by atoms with Gasteiger partial charge in [0.15, 0.2) is 0 Å². The number of alkyl halides is 3. The number of thiophene rings is 1. The number of piperidine rings is 1. The lowest BCUT2D eigenvalue weighted by Crippen LogP contribution is -2.43. The number of amides is 1. The van der Waals surface area contributed by atoms with Gasteiger partial charge in [0.2, 0.25) is 15.9 Å². The van der Waals surface area contributed by atoms with Gasteiger partial charge in [-0.2, -0.15) is 29.2 Å². The Bertz CT molecular complexity index is 971. The van der Waals surface area contributed by atoms with E-state index in [9.17, 15) is 26.4 Å². The average Bonchev–Trinajstić information content (AvgIpc) is 3.26. The summed E-state index contributed by atoms with van der Waals surface area (Å²) in [4.78, 5) is 13.3. The summed E-state index contributed by atoms with van der Waals surface area (Å²) in [6, 6.07) is 7.82. The third kappa shape index (κ3) is 6.47. The third-order valence-corrected chi connectivity index (χ3v) is 8.96. The molecule has 5 nitrogen and oxygen atoms in total. The Kier molecular flexibility index (Phi) is 8.06. The highest BCUT2D eigenvalue weighted by Gasteiger charge is 2.35. The fourth-order valence-corrected chi connectivity index (χ4v) is 6.51. The maximum Gasteiger partial charge on any atom is 0.416 e. The molecule has 2 heterocycles. The zero-order valence-corrected chi connectivity index (χ0v) is 19.0. The van der Waals surface area contributed by atoms with Crippen molar-refractivity contribution in [1.82, 2.24) is 9.62 Å². The van der Waals surface area contributed by atoms with E-state index in [0.29, 0.717) is 25.5 Å². The molecule has 0 bridgehead atoms. The van der Waals surface area contributed by atoms with Gasteiger partial charge in [-0.05, 0) is 42.5 Å². The lowest BCUT2D eigenvalue weighted by Gasteiger charge is -2.30. The first-order chi connectivity index (χ1) is 14.7. The lowest BCUT2D eigenvalue weighted by molar-refractivity contribution is -0.137. The first-order valence-corrected chi connectivity index (χ1v) is 13.2. The average molecular weight is 493 g/mol. The predicted molar refractivity (Wildman–Crippen MR) is 116 cm³/mol. The topological polar surface area (TPSA) is 66.5 Å². The highest BCUT2D eigenvalue weighted by atomic mass is 32.2. The molecule has 1 fully saturated rings. The van der Waals surface area contributed by atoms with Crippen LogP contribution >= 0.6 is 23.1 Å². The zero-order valence-electron chi connectivity index (χ0n) is 16.6. The molecule has 1 aliphatic heterocycles. The second-order valence-corrected chi connectivity index (χ2v) is 11.2. The normalized spacial score (nSPS) is 16.4. The minimum absolute atomic E-state index is 0.101. The van der Waals surface area contributed by atoms with Crippen LogP contribution in [0.15, 0.2) is 46.7 Å². The van der Waals surface area contributed by atoms with Crippen LogP contribution in [0, 0.1) is 5.92 Å². The number of nitrogens with one attached hydrogen (secondary N) is 1. The summed E-state index contributed by atoms with van der Waals surface area (Å²) in [5.74, 6) is 1.29. The fourth-order valence-electron chi connectivity index (χ4n) is 3.30. The van der Waals surface area contributed by atoms with Gasteiger partial charge in [-0.15, -0.1) is 11.3 Å². The van der Waals surface area contributed by atoms with Crippen LogP contribution in [0.3, 0.4) is 0 Å². The van der Waals surface area contributed by atoms with Gasteiger partial charge in [-0.1, -0.05) is 12.1 Å². The van der Waals surface area contributed by atoms with Gasteiger partial charge in [-0.3, -0.25) is 4.79 Å². The molecule has 11 heteroatoms. The molecule has 3 rings (SSSR count). The highest BCUT2D eigenvalue weighted by Crippen LogP contribution is 2.32. The molecule has 0 radical (unpaired) electrons.